The number of rotatable bonds is 6. The van der Waals surface area contributed by atoms with E-state index in [9.17, 15) is 0 Å². The maximum atomic E-state index is 3.59. The SMILES string of the molecule is CN(C)c1cccc2c(SNCCN3CCNCCNCCNCC3)cccc12. The Morgan fingerprint density at radius 2 is 1.48 bits per heavy atom. The van der Waals surface area contributed by atoms with Crippen LogP contribution in [0, 0.1) is 0 Å². The Balaban J connectivity index is 1.50. The molecule has 0 spiro atoms. The molecule has 2 aromatic carbocycles. The third-order valence-corrected chi connectivity index (χ3v) is 6.14. The molecule has 29 heavy (non-hydrogen) atoms. The maximum absolute atomic E-state index is 3.59. The number of hydrogen-bond acceptors (Lipinski definition) is 7. The molecule has 0 atom stereocenters. The first kappa shape index (κ1) is 22.3. The second-order valence-electron chi connectivity index (χ2n) is 7.61. The monoisotopic (exact) mass is 416 g/mol. The average Bonchev–Trinajstić information content (AvgIpc) is 2.72. The highest BCUT2D eigenvalue weighted by atomic mass is 32.2. The molecule has 2 aromatic rings. The lowest BCUT2D eigenvalue weighted by molar-refractivity contribution is 0.276. The van der Waals surface area contributed by atoms with Gasteiger partial charge in [0, 0.05) is 95.5 Å². The zero-order chi connectivity index (χ0) is 20.3. The summed E-state index contributed by atoms with van der Waals surface area (Å²) in [5.74, 6) is 0. The van der Waals surface area contributed by atoms with Gasteiger partial charge in [0.1, 0.15) is 0 Å². The van der Waals surface area contributed by atoms with E-state index in [0.717, 1.165) is 65.4 Å². The van der Waals surface area contributed by atoms with Crippen molar-refractivity contribution >= 4 is 28.4 Å². The standard InChI is InChI=1S/C22H36N6S/c1-27(2)21-7-3-6-20-19(21)5-4-8-22(20)29-26-15-18-28-16-13-24-11-9-23-10-12-25-14-17-28/h3-8,23-26H,9-18H2,1-2H3. The zero-order valence-corrected chi connectivity index (χ0v) is 18.7. The van der Waals surface area contributed by atoms with Gasteiger partial charge in [0.05, 0.1) is 0 Å². The molecule has 3 rings (SSSR count). The molecule has 4 N–H and O–H groups in total. The van der Waals surface area contributed by atoms with Gasteiger partial charge in [0.25, 0.3) is 0 Å². The van der Waals surface area contributed by atoms with Crippen LogP contribution in [0.5, 0.6) is 0 Å². The predicted octanol–water partition coefficient (Wildman–Crippen LogP) is 1.59. The van der Waals surface area contributed by atoms with Gasteiger partial charge >= 0.3 is 0 Å². The first-order valence-electron chi connectivity index (χ1n) is 10.7. The number of nitrogens with zero attached hydrogens (tertiary/aromatic N) is 2. The van der Waals surface area contributed by atoms with Gasteiger partial charge in [0.2, 0.25) is 0 Å². The molecule has 0 aromatic heterocycles. The molecule has 1 fully saturated rings. The van der Waals surface area contributed by atoms with Gasteiger partial charge < -0.3 is 20.9 Å². The summed E-state index contributed by atoms with van der Waals surface area (Å²) in [5, 5.41) is 13.1. The fourth-order valence-corrected chi connectivity index (χ4v) is 4.40. The minimum absolute atomic E-state index is 0.968. The lowest BCUT2D eigenvalue weighted by Crippen LogP contribution is -2.43. The van der Waals surface area contributed by atoms with Crippen LogP contribution in [-0.4, -0.2) is 84.4 Å². The summed E-state index contributed by atoms with van der Waals surface area (Å²) in [6.07, 6.45) is 0. The van der Waals surface area contributed by atoms with E-state index in [1.54, 1.807) is 11.9 Å². The first-order valence-corrected chi connectivity index (χ1v) is 11.5. The van der Waals surface area contributed by atoms with Gasteiger partial charge in [-0.3, -0.25) is 9.62 Å². The number of fused-ring (bicyclic) bond motifs is 1. The summed E-state index contributed by atoms with van der Waals surface area (Å²) in [5.41, 5.74) is 1.26. The molecule has 1 aliphatic heterocycles. The largest absolute Gasteiger partial charge is 0.377 e. The molecule has 1 heterocycles. The zero-order valence-electron chi connectivity index (χ0n) is 17.8. The average molecular weight is 417 g/mol. The van der Waals surface area contributed by atoms with Crippen LogP contribution in [0.15, 0.2) is 41.3 Å². The smallest absolute Gasteiger partial charge is 0.0441 e. The molecule has 0 radical (unpaired) electrons. The first-order chi connectivity index (χ1) is 14.3. The summed E-state index contributed by atoms with van der Waals surface area (Å²) >= 11 is 1.75. The molecule has 160 valence electrons. The lowest BCUT2D eigenvalue weighted by Gasteiger charge is -2.23. The van der Waals surface area contributed by atoms with E-state index in [1.807, 2.05) is 0 Å². The summed E-state index contributed by atoms with van der Waals surface area (Å²) in [6, 6.07) is 13.1. The topological polar surface area (TPSA) is 54.6 Å². The lowest BCUT2D eigenvalue weighted by atomic mass is 10.1. The van der Waals surface area contributed by atoms with Crippen LogP contribution in [0.2, 0.25) is 0 Å². The van der Waals surface area contributed by atoms with Gasteiger partial charge in [-0.1, -0.05) is 24.3 Å². The van der Waals surface area contributed by atoms with Crippen molar-refractivity contribution < 1.29 is 0 Å². The van der Waals surface area contributed by atoms with Gasteiger partial charge in [-0.2, -0.15) is 0 Å². The van der Waals surface area contributed by atoms with E-state index in [2.05, 4.69) is 81.0 Å². The quantitative estimate of drug-likeness (QED) is 0.421. The molecule has 0 aliphatic carbocycles. The molecule has 7 heteroatoms. The maximum Gasteiger partial charge on any atom is 0.0441 e. The minimum atomic E-state index is 0.968. The molecule has 0 saturated carbocycles. The van der Waals surface area contributed by atoms with E-state index in [-0.39, 0.29) is 0 Å². The Bertz CT molecular complexity index is 726. The number of benzene rings is 2. The molecule has 1 aliphatic rings. The van der Waals surface area contributed by atoms with Crippen LogP contribution in [0.4, 0.5) is 5.69 Å². The van der Waals surface area contributed by atoms with E-state index in [1.165, 1.54) is 21.4 Å². The van der Waals surface area contributed by atoms with Gasteiger partial charge in [-0.05, 0) is 29.5 Å². The van der Waals surface area contributed by atoms with Crippen LogP contribution in [0.1, 0.15) is 0 Å². The molecule has 1 saturated heterocycles. The Hall–Kier alpha value is -1.35. The van der Waals surface area contributed by atoms with Crippen molar-refractivity contribution in [2.75, 3.05) is 84.4 Å². The second kappa shape index (κ2) is 12.4. The number of hydrogen-bond donors (Lipinski definition) is 4. The van der Waals surface area contributed by atoms with Crippen LogP contribution >= 0.6 is 11.9 Å². The number of nitrogens with one attached hydrogen (secondary N) is 4. The van der Waals surface area contributed by atoms with Crippen LogP contribution < -0.4 is 25.6 Å². The fourth-order valence-electron chi connectivity index (χ4n) is 3.61. The molecule has 6 nitrogen and oxygen atoms in total. The van der Waals surface area contributed by atoms with E-state index in [0.29, 0.717) is 0 Å². The van der Waals surface area contributed by atoms with E-state index in [4.69, 9.17) is 0 Å². The van der Waals surface area contributed by atoms with Crippen LogP contribution in [0.25, 0.3) is 10.8 Å². The third kappa shape index (κ3) is 7.13. The summed E-state index contributed by atoms with van der Waals surface area (Å²) in [4.78, 5) is 6.01. The Kier molecular flexibility index (Phi) is 9.53. The molecule has 0 amide bonds. The van der Waals surface area contributed by atoms with Crippen molar-refractivity contribution in [3.05, 3.63) is 36.4 Å². The van der Waals surface area contributed by atoms with Crippen molar-refractivity contribution in [2.24, 2.45) is 0 Å². The van der Waals surface area contributed by atoms with Crippen molar-refractivity contribution in [3.63, 3.8) is 0 Å². The molecular formula is C22H36N6S. The van der Waals surface area contributed by atoms with Crippen molar-refractivity contribution in [1.29, 1.82) is 0 Å². The Morgan fingerprint density at radius 3 is 2.17 bits per heavy atom. The summed E-state index contributed by atoms with van der Waals surface area (Å²) in [7, 11) is 4.20. The molecule has 0 bridgehead atoms. The highest BCUT2D eigenvalue weighted by Gasteiger charge is 2.08. The third-order valence-electron chi connectivity index (χ3n) is 5.22. The molecule has 0 unspecified atom stereocenters. The van der Waals surface area contributed by atoms with Crippen molar-refractivity contribution in [3.8, 4) is 0 Å². The van der Waals surface area contributed by atoms with Crippen molar-refractivity contribution in [1.82, 2.24) is 25.6 Å². The van der Waals surface area contributed by atoms with Gasteiger partial charge in [-0.25, -0.2) is 0 Å². The Morgan fingerprint density at radius 1 is 0.862 bits per heavy atom. The van der Waals surface area contributed by atoms with Crippen molar-refractivity contribution in [2.45, 2.75) is 4.90 Å². The summed E-state index contributed by atoms with van der Waals surface area (Å²) < 4.78 is 3.59. The van der Waals surface area contributed by atoms with E-state index < -0.39 is 0 Å². The van der Waals surface area contributed by atoms with Crippen LogP contribution in [-0.2, 0) is 0 Å². The van der Waals surface area contributed by atoms with Crippen LogP contribution in [0.3, 0.4) is 0 Å². The highest BCUT2D eigenvalue weighted by molar-refractivity contribution is 7.97. The predicted molar refractivity (Wildman–Crippen MR) is 127 cm³/mol. The second-order valence-corrected chi connectivity index (χ2v) is 8.54. The highest BCUT2D eigenvalue weighted by Crippen LogP contribution is 2.31. The number of anilines is 1. The molecular weight excluding hydrogens is 380 g/mol. The minimum Gasteiger partial charge on any atom is -0.377 e. The fraction of sp³-hybridized carbons (Fsp3) is 0.545. The summed E-state index contributed by atoms with van der Waals surface area (Å²) in [6.45, 7) is 10.5. The normalized spacial score (nSPS) is 17.6. The van der Waals surface area contributed by atoms with E-state index >= 15 is 0 Å². The van der Waals surface area contributed by atoms with Gasteiger partial charge in [-0.15, -0.1) is 0 Å². The Labute approximate surface area is 179 Å². The van der Waals surface area contributed by atoms with Gasteiger partial charge in [0.15, 0.2) is 0 Å².